The summed E-state index contributed by atoms with van der Waals surface area (Å²) in [5.41, 5.74) is 11.1. The van der Waals surface area contributed by atoms with E-state index >= 15 is 0 Å². The van der Waals surface area contributed by atoms with E-state index < -0.39 is 0 Å². The van der Waals surface area contributed by atoms with Gasteiger partial charge in [-0.25, -0.2) is 4.98 Å². The first kappa shape index (κ1) is 14.6. The highest BCUT2D eigenvalue weighted by Crippen LogP contribution is 2.26. The highest BCUT2D eigenvalue weighted by atomic mass is 16.5. The molecule has 0 unspecified atom stereocenters. The minimum atomic E-state index is 0.170. The number of benzene rings is 1. The van der Waals surface area contributed by atoms with E-state index in [1.807, 2.05) is 44.3 Å². The molecule has 2 heterocycles. The first-order chi connectivity index (χ1) is 10.6. The van der Waals surface area contributed by atoms with E-state index in [2.05, 4.69) is 23.5 Å². The van der Waals surface area contributed by atoms with Crippen LogP contribution in [-0.2, 0) is 6.54 Å². The van der Waals surface area contributed by atoms with E-state index in [-0.39, 0.29) is 6.10 Å². The molecule has 0 aliphatic heterocycles. The molecule has 0 amide bonds. The van der Waals surface area contributed by atoms with E-state index in [4.69, 9.17) is 15.5 Å². The molecule has 3 rings (SSSR count). The van der Waals surface area contributed by atoms with E-state index in [1.54, 1.807) is 0 Å². The topological polar surface area (TPSA) is 52.5 Å². The van der Waals surface area contributed by atoms with Crippen LogP contribution in [0, 0.1) is 6.92 Å². The third-order valence-corrected chi connectivity index (χ3v) is 3.57. The van der Waals surface area contributed by atoms with Gasteiger partial charge in [-0.15, -0.1) is 0 Å². The number of aryl methyl sites for hydroxylation is 1. The number of aromatic nitrogens is 2. The summed E-state index contributed by atoms with van der Waals surface area (Å²) in [6, 6.07) is 12.2. The van der Waals surface area contributed by atoms with Crippen molar-refractivity contribution < 1.29 is 4.74 Å². The second-order valence-corrected chi connectivity index (χ2v) is 5.73. The molecular formula is C18H21N3O. The Bertz CT molecular complexity index is 788. The number of pyridine rings is 1. The zero-order chi connectivity index (χ0) is 15.7. The third-order valence-electron chi connectivity index (χ3n) is 3.57. The summed E-state index contributed by atoms with van der Waals surface area (Å²) in [5.74, 6) is 0.868. The molecule has 2 N–H and O–H groups in total. The third kappa shape index (κ3) is 2.70. The van der Waals surface area contributed by atoms with Crippen molar-refractivity contribution in [3.05, 3.63) is 53.9 Å². The molecule has 0 aliphatic rings. The zero-order valence-electron chi connectivity index (χ0n) is 13.2. The van der Waals surface area contributed by atoms with Crippen molar-refractivity contribution in [2.24, 2.45) is 5.73 Å². The minimum Gasteiger partial charge on any atom is -0.491 e. The van der Waals surface area contributed by atoms with Crippen LogP contribution in [0.15, 0.2) is 42.6 Å². The van der Waals surface area contributed by atoms with Gasteiger partial charge in [0.25, 0.3) is 0 Å². The molecule has 2 aromatic heterocycles. The molecule has 0 saturated heterocycles. The molecule has 4 heteroatoms. The van der Waals surface area contributed by atoms with Crippen molar-refractivity contribution in [2.45, 2.75) is 33.4 Å². The first-order valence-electron chi connectivity index (χ1n) is 7.53. The van der Waals surface area contributed by atoms with Crippen LogP contribution >= 0.6 is 0 Å². The Morgan fingerprint density at radius 3 is 2.55 bits per heavy atom. The summed E-state index contributed by atoms with van der Waals surface area (Å²) in [6.07, 6.45) is 2.20. The van der Waals surface area contributed by atoms with Gasteiger partial charge in [0.1, 0.15) is 11.4 Å². The number of hydrogen-bond acceptors (Lipinski definition) is 3. The van der Waals surface area contributed by atoms with Gasteiger partial charge in [-0.3, -0.25) is 0 Å². The van der Waals surface area contributed by atoms with Crippen LogP contribution in [0.25, 0.3) is 16.9 Å². The first-order valence-corrected chi connectivity index (χ1v) is 7.53. The average molecular weight is 295 g/mol. The monoisotopic (exact) mass is 295 g/mol. The number of nitrogens with zero attached hydrogens (tertiary/aromatic N) is 2. The largest absolute Gasteiger partial charge is 0.491 e. The van der Waals surface area contributed by atoms with E-state index in [0.717, 1.165) is 28.3 Å². The van der Waals surface area contributed by atoms with Crippen LogP contribution in [0.3, 0.4) is 0 Å². The van der Waals surface area contributed by atoms with Crippen molar-refractivity contribution in [3.63, 3.8) is 0 Å². The van der Waals surface area contributed by atoms with Gasteiger partial charge in [0, 0.05) is 18.3 Å². The van der Waals surface area contributed by atoms with E-state index in [1.165, 1.54) is 5.56 Å². The molecule has 4 nitrogen and oxygen atoms in total. The fourth-order valence-corrected chi connectivity index (χ4v) is 2.59. The standard InChI is InChI=1S/C18H21N3O/c1-12(2)22-15-6-4-14(5-7-15)18-16(11-19)21-9-8-13(3)10-17(21)20-18/h4-10,12H,11,19H2,1-3H3. The number of rotatable bonds is 4. The Kier molecular flexibility index (Phi) is 3.86. The predicted octanol–water partition coefficient (Wildman–Crippen LogP) is 3.56. The molecule has 0 aliphatic carbocycles. The maximum atomic E-state index is 5.95. The van der Waals surface area contributed by atoms with Crippen LogP contribution in [0.2, 0.25) is 0 Å². The number of nitrogens with two attached hydrogens (primary N) is 1. The lowest BCUT2D eigenvalue weighted by atomic mass is 10.1. The van der Waals surface area contributed by atoms with E-state index in [9.17, 15) is 0 Å². The SMILES string of the molecule is Cc1ccn2c(CN)c(-c3ccc(OC(C)C)cc3)nc2c1. The van der Waals surface area contributed by atoms with Gasteiger partial charge in [0.2, 0.25) is 0 Å². The minimum absolute atomic E-state index is 0.170. The number of ether oxygens (including phenoxy) is 1. The van der Waals surface area contributed by atoms with Gasteiger partial charge in [-0.05, 0) is 62.7 Å². The van der Waals surface area contributed by atoms with Crippen molar-refractivity contribution in [1.82, 2.24) is 9.38 Å². The summed E-state index contributed by atoms with van der Waals surface area (Å²) in [7, 11) is 0. The second-order valence-electron chi connectivity index (χ2n) is 5.73. The average Bonchev–Trinajstić information content (AvgIpc) is 2.84. The molecule has 0 fully saturated rings. The van der Waals surface area contributed by atoms with Crippen LogP contribution in [0.1, 0.15) is 25.1 Å². The quantitative estimate of drug-likeness (QED) is 0.800. The molecule has 3 aromatic rings. The molecule has 0 saturated carbocycles. The summed E-state index contributed by atoms with van der Waals surface area (Å²) >= 11 is 0. The summed E-state index contributed by atoms with van der Waals surface area (Å²) in [5, 5.41) is 0. The van der Waals surface area contributed by atoms with Crippen molar-refractivity contribution in [3.8, 4) is 17.0 Å². The highest BCUT2D eigenvalue weighted by Gasteiger charge is 2.13. The maximum absolute atomic E-state index is 5.95. The normalized spacial score (nSPS) is 11.3. The number of fused-ring (bicyclic) bond motifs is 1. The molecule has 0 atom stereocenters. The van der Waals surface area contributed by atoms with Crippen LogP contribution in [0.4, 0.5) is 0 Å². The Hall–Kier alpha value is -2.33. The highest BCUT2D eigenvalue weighted by molar-refractivity contribution is 5.67. The fourth-order valence-electron chi connectivity index (χ4n) is 2.59. The molecule has 22 heavy (non-hydrogen) atoms. The summed E-state index contributed by atoms with van der Waals surface area (Å²) < 4.78 is 7.74. The maximum Gasteiger partial charge on any atom is 0.137 e. The van der Waals surface area contributed by atoms with Crippen molar-refractivity contribution in [2.75, 3.05) is 0 Å². The molecule has 0 spiro atoms. The Morgan fingerprint density at radius 1 is 1.18 bits per heavy atom. The number of imidazole rings is 1. The summed E-state index contributed by atoms with van der Waals surface area (Å²) in [6.45, 7) is 6.55. The van der Waals surface area contributed by atoms with Gasteiger partial charge in [-0.2, -0.15) is 0 Å². The van der Waals surface area contributed by atoms with E-state index in [0.29, 0.717) is 6.54 Å². The van der Waals surface area contributed by atoms with Crippen LogP contribution in [0.5, 0.6) is 5.75 Å². The zero-order valence-corrected chi connectivity index (χ0v) is 13.2. The predicted molar refractivity (Wildman–Crippen MR) is 89.0 cm³/mol. The Morgan fingerprint density at radius 2 is 1.91 bits per heavy atom. The van der Waals surface area contributed by atoms with Crippen molar-refractivity contribution >= 4 is 5.65 Å². The lowest BCUT2D eigenvalue weighted by Gasteiger charge is -2.10. The summed E-state index contributed by atoms with van der Waals surface area (Å²) in [4.78, 5) is 4.75. The smallest absolute Gasteiger partial charge is 0.137 e. The number of hydrogen-bond donors (Lipinski definition) is 1. The molecule has 1 aromatic carbocycles. The Balaban J connectivity index is 2.05. The molecule has 0 radical (unpaired) electrons. The van der Waals surface area contributed by atoms with Crippen LogP contribution in [-0.4, -0.2) is 15.5 Å². The Labute approximate surface area is 130 Å². The molecule has 0 bridgehead atoms. The fraction of sp³-hybridized carbons (Fsp3) is 0.278. The van der Waals surface area contributed by atoms with Gasteiger partial charge >= 0.3 is 0 Å². The molecular weight excluding hydrogens is 274 g/mol. The van der Waals surface area contributed by atoms with Crippen molar-refractivity contribution in [1.29, 1.82) is 0 Å². The van der Waals surface area contributed by atoms with Gasteiger partial charge < -0.3 is 14.9 Å². The second kappa shape index (κ2) is 5.81. The van der Waals surface area contributed by atoms with Gasteiger partial charge in [-0.1, -0.05) is 0 Å². The van der Waals surface area contributed by atoms with Gasteiger partial charge in [0.15, 0.2) is 0 Å². The lowest BCUT2D eigenvalue weighted by molar-refractivity contribution is 0.242. The van der Waals surface area contributed by atoms with Gasteiger partial charge in [0.05, 0.1) is 17.5 Å². The lowest BCUT2D eigenvalue weighted by Crippen LogP contribution is -2.05. The van der Waals surface area contributed by atoms with Crippen LogP contribution < -0.4 is 10.5 Å². The molecule has 114 valence electrons.